The number of carboxylic acids is 1. The number of benzene rings is 2. The molecule has 0 radical (unpaired) electrons. The summed E-state index contributed by atoms with van der Waals surface area (Å²) < 4.78 is 1.76. The van der Waals surface area contributed by atoms with Crippen LogP contribution >= 0.6 is 11.3 Å². The highest BCUT2D eigenvalue weighted by Gasteiger charge is 2.29. The lowest BCUT2D eigenvalue weighted by molar-refractivity contribution is -0.133. The maximum atomic E-state index is 12.9. The SMILES string of the molecule is O=C(O)C1=C(C(=O)N=c2sc(C3CC3)nn2Cc2ccc(-c3ccccc3-c3nn[nH]n3)cc2)CCC1. The highest BCUT2D eigenvalue weighted by molar-refractivity contribution is 7.09. The Balaban J connectivity index is 1.30. The van der Waals surface area contributed by atoms with Gasteiger partial charge >= 0.3 is 5.97 Å². The number of tetrazole rings is 1. The van der Waals surface area contributed by atoms with Gasteiger partial charge in [-0.3, -0.25) is 4.79 Å². The van der Waals surface area contributed by atoms with Crippen LogP contribution in [0.4, 0.5) is 0 Å². The van der Waals surface area contributed by atoms with Crippen LogP contribution < -0.4 is 4.80 Å². The minimum absolute atomic E-state index is 0.184. The van der Waals surface area contributed by atoms with Crippen LogP contribution in [0, 0.1) is 0 Å². The average molecular weight is 514 g/mol. The number of amides is 1. The first-order chi connectivity index (χ1) is 18.1. The summed E-state index contributed by atoms with van der Waals surface area (Å²) in [5.74, 6) is -0.555. The van der Waals surface area contributed by atoms with Gasteiger partial charge in [-0.1, -0.05) is 59.9 Å². The summed E-state index contributed by atoms with van der Waals surface area (Å²) in [6, 6.07) is 16.0. The minimum Gasteiger partial charge on any atom is -0.478 e. The first-order valence-electron chi connectivity index (χ1n) is 12.1. The van der Waals surface area contributed by atoms with Crippen LogP contribution in [0.2, 0.25) is 0 Å². The monoisotopic (exact) mass is 513 g/mol. The molecule has 0 unspecified atom stereocenters. The number of H-pyrrole nitrogens is 1. The number of rotatable bonds is 7. The smallest absolute Gasteiger partial charge is 0.332 e. The van der Waals surface area contributed by atoms with Gasteiger partial charge in [0.25, 0.3) is 5.91 Å². The summed E-state index contributed by atoms with van der Waals surface area (Å²) in [5, 5.41) is 29.6. The topological polar surface area (TPSA) is 139 Å². The van der Waals surface area contributed by atoms with Gasteiger partial charge in [0, 0.05) is 22.6 Å². The third-order valence-electron chi connectivity index (χ3n) is 6.60. The van der Waals surface area contributed by atoms with E-state index < -0.39 is 11.9 Å². The van der Waals surface area contributed by atoms with Crippen molar-refractivity contribution in [3.63, 3.8) is 0 Å². The van der Waals surface area contributed by atoms with E-state index in [1.54, 1.807) is 4.68 Å². The lowest BCUT2D eigenvalue weighted by Gasteiger charge is -2.08. The van der Waals surface area contributed by atoms with Crippen LogP contribution in [0.3, 0.4) is 0 Å². The molecule has 37 heavy (non-hydrogen) atoms. The van der Waals surface area contributed by atoms with Crippen LogP contribution in [0.1, 0.15) is 48.6 Å². The predicted octanol–water partition coefficient (Wildman–Crippen LogP) is 3.71. The van der Waals surface area contributed by atoms with E-state index in [-0.39, 0.29) is 5.57 Å². The van der Waals surface area contributed by atoms with Crippen molar-refractivity contribution in [3.05, 3.63) is 75.0 Å². The zero-order valence-electron chi connectivity index (χ0n) is 19.8. The zero-order valence-corrected chi connectivity index (χ0v) is 20.6. The van der Waals surface area contributed by atoms with E-state index >= 15 is 0 Å². The highest BCUT2D eigenvalue weighted by atomic mass is 32.1. The Morgan fingerprint density at radius 3 is 2.51 bits per heavy atom. The van der Waals surface area contributed by atoms with Gasteiger partial charge in [-0.05, 0) is 54.0 Å². The van der Waals surface area contributed by atoms with Crippen molar-refractivity contribution < 1.29 is 14.7 Å². The average Bonchev–Trinajstić information content (AvgIpc) is 3.27. The number of hydrogen-bond donors (Lipinski definition) is 2. The molecule has 0 saturated heterocycles. The van der Waals surface area contributed by atoms with E-state index in [1.807, 2.05) is 48.5 Å². The number of aromatic amines is 1. The standard InChI is InChI=1S/C26H23N7O3S/c34-23(20-6-3-7-21(20)25(35)36)27-26-33(30-24(37-26)17-12-13-17)14-15-8-10-16(11-9-15)18-4-1-2-5-19(18)22-28-31-32-29-22/h1-2,4-5,8-11,17H,3,6-7,12-14H2,(H,35,36)(H,28,29,31,32). The van der Waals surface area contributed by atoms with E-state index in [9.17, 15) is 14.7 Å². The van der Waals surface area contributed by atoms with Crippen molar-refractivity contribution in [3.8, 4) is 22.5 Å². The highest BCUT2D eigenvalue weighted by Crippen LogP contribution is 2.40. The molecule has 2 heterocycles. The predicted molar refractivity (Wildman–Crippen MR) is 135 cm³/mol. The molecule has 6 rings (SSSR count). The normalized spacial score (nSPS) is 15.9. The first kappa shape index (κ1) is 23.2. The summed E-state index contributed by atoms with van der Waals surface area (Å²) in [7, 11) is 0. The molecule has 0 aliphatic heterocycles. The van der Waals surface area contributed by atoms with E-state index in [2.05, 4.69) is 25.6 Å². The Hall–Kier alpha value is -4.25. The summed E-state index contributed by atoms with van der Waals surface area (Å²) in [4.78, 5) is 29.3. The second-order valence-electron chi connectivity index (χ2n) is 9.17. The van der Waals surface area contributed by atoms with Crippen LogP contribution in [0.25, 0.3) is 22.5 Å². The van der Waals surface area contributed by atoms with E-state index in [1.165, 1.54) is 11.3 Å². The molecule has 2 N–H and O–H groups in total. The van der Waals surface area contributed by atoms with Crippen LogP contribution in [0.15, 0.2) is 64.7 Å². The van der Waals surface area contributed by atoms with Crippen LogP contribution in [-0.2, 0) is 16.1 Å². The van der Waals surface area contributed by atoms with Gasteiger partial charge in [0.05, 0.1) is 6.54 Å². The van der Waals surface area contributed by atoms with Gasteiger partial charge in [-0.15, -0.1) is 10.2 Å². The molecule has 1 fully saturated rings. The molecule has 11 heteroatoms. The Bertz CT molecular complexity index is 1580. The molecular formula is C26H23N7O3S. The summed E-state index contributed by atoms with van der Waals surface area (Å²) in [5.41, 5.74) is 4.39. The molecular weight excluding hydrogens is 490 g/mol. The fraction of sp³-hybridized carbons (Fsp3) is 0.269. The van der Waals surface area contributed by atoms with Crippen LogP contribution in [-0.4, -0.2) is 47.4 Å². The quantitative estimate of drug-likeness (QED) is 0.384. The molecule has 1 amide bonds. The molecule has 10 nitrogen and oxygen atoms in total. The maximum absolute atomic E-state index is 12.9. The Labute approximate surface area is 215 Å². The molecule has 4 aromatic rings. The van der Waals surface area contributed by atoms with Gasteiger partial charge in [0.15, 0.2) is 0 Å². The number of hydrogen-bond acceptors (Lipinski definition) is 7. The molecule has 0 bridgehead atoms. The minimum atomic E-state index is -1.03. The number of carbonyl (C=O) groups excluding carboxylic acids is 1. The van der Waals surface area contributed by atoms with Gasteiger partial charge in [0.2, 0.25) is 10.6 Å². The zero-order chi connectivity index (χ0) is 25.4. The number of carboxylic acid groups (broad SMARTS) is 1. The Morgan fingerprint density at radius 1 is 1.05 bits per heavy atom. The number of aromatic nitrogens is 6. The second kappa shape index (κ2) is 9.66. The van der Waals surface area contributed by atoms with Crippen molar-refractivity contribution in [1.29, 1.82) is 0 Å². The molecule has 0 atom stereocenters. The molecule has 2 aromatic carbocycles. The third kappa shape index (κ3) is 4.77. The maximum Gasteiger partial charge on any atom is 0.332 e. The Morgan fingerprint density at radius 2 is 1.81 bits per heavy atom. The van der Waals surface area contributed by atoms with Crippen LogP contribution in [0.5, 0.6) is 0 Å². The summed E-state index contributed by atoms with van der Waals surface area (Å²) in [6.07, 6.45) is 3.69. The van der Waals surface area contributed by atoms with E-state index in [0.29, 0.717) is 47.9 Å². The lowest BCUT2D eigenvalue weighted by Crippen LogP contribution is -2.20. The molecule has 2 aromatic heterocycles. The third-order valence-corrected chi connectivity index (χ3v) is 7.71. The number of carbonyl (C=O) groups is 2. The fourth-order valence-corrected chi connectivity index (χ4v) is 5.61. The van der Waals surface area contributed by atoms with Gasteiger partial charge in [-0.25, -0.2) is 9.48 Å². The second-order valence-corrected chi connectivity index (χ2v) is 10.2. The number of aliphatic carboxylic acids is 1. The summed E-state index contributed by atoms with van der Waals surface area (Å²) in [6.45, 7) is 0.451. The molecule has 2 aliphatic rings. The van der Waals surface area contributed by atoms with E-state index in [4.69, 9.17) is 5.10 Å². The molecule has 1 saturated carbocycles. The van der Waals surface area contributed by atoms with Crippen molar-refractivity contribution >= 4 is 23.2 Å². The van der Waals surface area contributed by atoms with Crippen molar-refractivity contribution in [2.75, 3.05) is 0 Å². The van der Waals surface area contributed by atoms with Crippen molar-refractivity contribution in [1.82, 2.24) is 30.4 Å². The summed E-state index contributed by atoms with van der Waals surface area (Å²) >= 11 is 1.42. The van der Waals surface area contributed by atoms with Gasteiger partial charge < -0.3 is 5.11 Å². The fourth-order valence-electron chi connectivity index (χ4n) is 4.55. The van der Waals surface area contributed by atoms with Crippen molar-refractivity contribution in [2.24, 2.45) is 4.99 Å². The molecule has 186 valence electrons. The van der Waals surface area contributed by atoms with Gasteiger partial charge in [-0.2, -0.15) is 15.3 Å². The first-order valence-corrected chi connectivity index (χ1v) is 12.9. The number of nitrogens with one attached hydrogen (secondary N) is 1. The van der Waals surface area contributed by atoms with Gasteiger partial charge in [0.1, 0.15) is 5.01 Å². The van der Waals surface area contributed by atoms with Crippen molar-refractivity contribution in [2.45, 2.75) is 44.6 Å². The molecule has 2 aliphatic carbocycles. The largest absolute Gasteiger partial charge is 0.478 e. The number of nitrogens with zero attached hydrogens (tertiary/aromatic N) is 6. The Kier molecular flexibility index (Phi) is 6.05. The lowest BCUT2D eigenvalue weighted by atomic mass is 9.98. The molecule has 0 spiro atoms. The van der Waals surface area contributed by atoms with E-state index in [0.717, 1.165) is 40.1 Å².